The van der Waals surface area contributed by atoms with Crippen molar-refractivity contribution in [3.8, 4) is 0 Å². The fourth-order valence-corrected chi connectivity index (χ4v) is 0.927. The zero-order valence-corrected chi connectivity index (χ0v) is 7.36. The largest absolute Gasteiger partial charge is 0.394 e. The van der Waals surface area contributed by atoms with E-state index in [1.54, 1.807) is 0 Å². The first-order chi connectivity index (χ1) is 5.52. The molecule has 1 aromatic carbocycles. The van der Waals surface area contributed by atoms with Crippen LogP contribution in [0.25, 0.3) is 0 Å². The van der Waals surface area contributed by atoms with Crippen LogP contribution in [0.3, 0.4) is 0 Å². The summed E-state index contributed by atoms with van der Waals surface area (Å²) in [6.07, 6.45) is 0. The number of halogens is 3. The van der Waals surface area contributed by atoms with Crippen molar-refractivity contribution in [2.45, 2.75) is 0 Å². The Kier molecular flexibility index (Phi) is 2.42. The van der Waals surface area contributed by atoms with Crippen LogP contribution in [0.4, 0.5) is 14.5 Å². The quantitative estimate of drug-likeness (QED) is 0.599. The van der Waals surface area contributed by atoms with Gasteiger partial charge in [0.2, 0.25) is 4.69 Å². The highest BCUT2D eigenvalue weighted by atomic mass is 79.9. The first-order valence-electron chi connectivity index (χ1n) is 2.96. The zero-order valence-electron chi connectivity index (χ0n) is 5.77. The summed E-state index contributed by atoms with van der Waals surface area (Å²) >= 11 is 2.56. The molecule has 0 unspecified atom stereocenters. The second kappa shape index (κ2) is 3.18. The predicted octanol–water partition coefficient (Wildman–Crippen LogP) is 2.08. The summed E-state index contributed by atoms with van der Waals surface area (Å²) in [6, 6.07) is 1.74. The van der Waals surface area contributed by atoms with Crippen LogP contribution in [-0.4, -0.2) is 4.69 Å². The molecule has 1 rings (SSSR count). The lowest BCUT2D eigenvalue weighted by molar-refractivity contribution is 0.109. The minimum absolute atomic E-state index is 0.0980. The molecule has 0 bridgehead atoms. The SMILES string of the molecule is Nc1c(F)cc(C(=O)Br)cc1F. The molecule has 2 N–H and O–H groups in total. The minimum Gasteiger partial charge on any atom is -0.394 e. The highest BCUT2D eigenvalue weighted by molar-refractivity contribution is 9.18. The van der Waals surface area contributed by atoms with Gasteiger partial charge in [0, 0.05) is 5.56 Å². The standard InChI is InChI=1S/C7H4BrF2NO/c8-7(12)3-1-4(9)6(11)5(10)2-3/h1-2H,11H2. The molecular weight excluding hydrogens is 232 g/mol. The number of anilines is 1. The lowest BCUT2D eigenvalue weighted by Crippen LogP contribution is -1.99. The van der Waals surface area contributed by atoms with Crippen molar-refractivity contribution in [3.63, 3.8) is 0 Å². The van der Waals surface area contributed by atoms with Crippen LogP contribution in [0.15, 0.2) is 12.1 Å². The molecule has 64 valence electrons. The predicted molar refractivity (Wildman–Crippen MR) is 44.0 cm³/mol. The first-order valence-corrected chi connectivity index (χ1v) is 3.76. The van der Waals surface area contributed by atoms with Crippen LogP contribution >= 0.6 is 15.9 Å². The summed E-state index contributed by atoms with van der Waals surface area (Å²) in [5, 5.41) is 0. The molecule has 0 saturated carbocycles. The van der Waals surface area contributed by atoms with Crippen molar-refractivity contribution in [3.05, 3.63) is 29.3 Å². The summed E-state index contributed by atoms with van der Waals surface area (Å²) in [6.45, 7) is 0. The van der Waals surface area contributed by atoms with Crippen LogP contribution in [0.2, 0.25) is 0 Å². The lowest BCUT2D eigenvalue weighted by Gasteiger charge is -1.99. The van der Waals surface area contributed by atoms with Gasteiger partial charge in [-0.15, -0.1) is 0 Å². The van der Waals surface area contributed by atoms with Gasteiger partial charge in [-0.2, -0.15) is 0 Å². The van der Waals surface area contributed by atoms with Crippen LogP contribution in [0, 0.1) is 11.6 Å². The molecule has 0 atom stereocenters. The van der Waals surface area contributed by atoms with Crippen molar-refractivity contribution in [1.29, 1.82) is 0 Å². The van der Waals surface area contributed by atoms with Crippen LogP contribution in [-0.2, 0) is 0 Å². The zero-order chi connectivity index (χ0) is 9.30. The van der Waals surface area contributed by atoms with Gasteiger partial charge in [-0.25, -0.2) is 8.78 Å². The number of hydrogen-bond acceptors (Lipinski definition) is 2. The van der Waals surface area contributed by atoms with E-state index in [0.717, 1.165) is 12.1 Å². The molecule has 0 fully saturated rings. The Bertz CT molecular complexity index is 317. The highest BCUT2D eigenvalue weighted by Crippen LogP contribution is 2.18. The number of benzene rings is 1. The number of carbonyl (C=O) groups is 1. The Labute approximate surface area is 75.5 Å². The van der Waals surface area contributed by atoms with Gasteiger partial charge in [-0.1, -0.05) is 0 Å². The Morgan fingerprint density at radius 2 is 1.75 bits per heavy atom. The first kappa shape index (κ1) is 9.12. The smallest absolute Gasteiger partial charge is 0.228 e. The Balaban J connectivity index is 3.31. The van der Waals surface area contributed by atoms with Crippen LogP contribution in [0.1, 0.15) is 10.4 Å². The van der Waals surface area contributed by atoms with Crippen molar-refractivity contribution >= 4 is 26.3 Å². The minimum atomic E-state index is -0.933. The lowest BCUT2D eigenvalue weighted by atomic mass is 10.2. The molecule has 0 spiro atoms. The molecule has 0 aromatic heterocycles. The Hall–Kier alpha value is -0.970. The number of rotatable bonds is 1. The number of nitrogen functional groups attached to an aromatic ring is 1. The van der Waals surface area contributed by atoms with Gasteiger partial charge in [-0.05, 0) is 28.1 Å². The molecule has 0 aliphatic rings. The number of hydrogen-bond donors (Lipinski definition) is 1. The van der Waals surface area contributed by atoms with E-state index in [1.807, 2.05) is 0 Å². The van der Waals surface area contributed by atoms with Crippen LogP contribution < -0.4 is 5.73 Å². The molecule has 1 aromatic rings. The molecule has 5 heteroatoms. The van der Waals surface area contributed by atoms with Gasteiger partial charge in [0.25, 0.3) is 0 Å². The topological polar surface area (TPSA) is 43.1 Å². The van der Waals surface area contributed by atoms with Gasteiger partial charge in [0.15, 0.2) is 0 Å². The van der Waals surface area contributed by atoms with Gasteiger partial charge in [-0.3, -0.25) is 4.79 Å². The van der Waals surface area contributed by atoms with E-state index in [1.165, 1.54) is 0 Å². The molecular formula is C7H4BrF2NO. The Morgan fingerprint density at radius 3 is 2.08 bits per heavy atom. The van der Waals surface area contributed by atoms with Crippen LogP contribution in [0.5, 0.6) is 0 Å². The van der Waals surface area contributed by atoms with Gasteiger partial charge >= 0.3 is 0 Å². The molecule has 2 nitrogen and oxygen atoms in total. The average molecular weight is 236 g/mol. The summed E-state index contributed by atoms with van der Waals surface area (Å²) in [7, 11) is 0. The summed E-state index contributed by atoms with van der Waals surface area (Å²) in [4.78, 5) is 10.6. The fourth-order valence-electron chi connectivity index (χ4n) is 0.698. The van der Waals surface area contributed by atoms with E-state index >= 15 is 0 Å². The highest BCUT2D eigenvalue weighted by Gasteiger charge is 2.10. The Morgan fingerprint density at radius 1 is 1.33 bits per heavy atom. The third-order valence-corrected chi connectivity index (χ3v) is 1.76. The number of nitrogens with two attached hydrogens (primary N) is 1. The van der Waals surface area contributed by atoms with E-state index < -0.39 is 22.0 Å². The fraction of sp³-hybridized carbons (Fsp3) is 0. The molecule has 0 heterocycles. The maximum absolute atomic E-state index is 12.7. The molecule has 0 aliphatic carbocycles. The monoisotopic (exact) mass is 235 g/mol. The van der Waals surface area contributed by atoms with Gasteiger partial charge < -0.3 is 5.73 Å². The molecule has 0 saturated heterocycles. The summed E-state index contributed by atoms with van der Waals surface area (Å²) in [5.41, 5.74) is 4.30. The third kappa shape index (κ3) is 1.61. The second-order valence-electron chi connectivity index (χ2n) is 2.13. The molecule has 0 radical (unpaired) electrons. The van der Waals surface area contributed by atoms with E-state index in [4.69, 9.17) is 5.73 Å². The van der Waals surface area contributed by atoms with E-state index in [0.29, 0.717) is 0 Å². The maximum Gasteiger partial charge on any atom is 0.228 e. The number of carbonyl (C=O) groups excluding carboxylic acids is 1. The van der Waals surface area contributed by atoms with Crippen molar-refractivity contribution in [2.24, 2.45) is 0 Å². The van der Waals surface area contributed by atoms with Crippen molar-refractivity contribution in [1.82, 2.24) is 0 Å². The molecule has 0 aliphatic heterocycles. The van der Waals surface area contributed by atoms with E-state index in [-0.39, 0.29) is 5.56 Å². The van der Waals surface area contributed by atoms with Crippen molar-refractivity contribution in [2.75, 3.05) is 5.73 Å². The van der Waals surface area contributed by atoms with Gasteiger partial charge in [0.05, 0.1) is 0 Å². The van der Waals surface area contributed by atoms with E-state index in [2.05, 4.69) is 15.9 Å². The maximum atomic E-state index is 12.7. The summed E-state index contributed by atoms with van der Waals surface area (Å²) < 4.78 is 24.7. The third-order valence-electron chi connectivity index (χ3n) is 1.31. The van der Waals surface area contributed by atoms with E-state index in [9.17, 15) is 13.6 Å². The molecule has 0 amide bonds. The summed E-state index contributed by atoms with van der Waals surface area (Å²) in [5.74, 6) is -1.87. The van der Waals surface area contributed by atoms with Crippen molar-refractivity contribution < 1.29 is 13.6 Å². The second-order valence-corrected chi connectivity index (χ2v) is 2.85. The molecule has 12 heavy (non-hydrogen) atoms. The normalized spacial score (nSPS) is 9.92. The average Bonchev–Trinajstić information content (AvgIpc) is 1.99. The van der Waals surface area contributed by atoms with Gasteiger partial charge in [0.1, 0.15) is 17.3 Å².